The van der Waals surface area contributed by atoms with Crippen LogP contribution in [0.5, 0.6) is 0 Å². The van der Waals surface area contributed by atoms with Gasteiger partial charge in [-0.1, -0.05) is 0 Å². The maximum absolute atomic E-state index is 12.3. The summed E-state index contributed by atoms with van der Waals surface area (Å²) in [7, 11) is 1.89. The molecule has 0 spiro atoms. The minimum Gasteiger partial charge on any atom is -0.459 e. The second kappa shape index (κ2) is 7.19. The Morgan fingerprint density at radius 1 is 1.46 bits per heavy atom. The number of furan rings is 1. The first kappa shape index (κ1) is 16.7. The number of amides is 1. The number of oxazole rings is 1. The van der Waals surface area contributed by atoms with Crippen LogP contribution in [0.25, 0.3) is 11.7 Å². The van der Waals surface area contributed by atoms with Gasteiger partial charge in [0.05, 0.1) is 24.6 Å². The smallest absolute Gasteiger partial charge is 0.263 e. The molecule has 7 nitrogen and oxygen atoms in total. The molecule has 0 aromatic carbocycles. The fourth-order valence-electron chi connectivity index (χ4n) is 2.84. The number of aromatic nitrogens is 1. The number of carbonyl (C=O) groups excluding carboxylic acids is 1. The van der Waals surface area contributed by atoms with Crippen molar-refractivity contribution in [3.8, 4) is 11.7 Å². The van der Waals surface area contributed by atoms with Gasteiger partial charge in [0.25, 0.3) is 5.89 Å². The van der Waals surface area contributed by atoms with E-state index in [1.807, 2.05) is 23.8 Å². The lowest BCUT2D eigenvalue weighted by atomic mass is 10.1. The van der Waals surface area contributed by atoms with Gasteiger partial charge in [-0.25, -0.2) is 4.98 Å². The Kier molecular flexibility index (Phi) is 5.01. The first-order chi connectivity index (χ1) is 11.5. The third-order valence-electron chi connectivity index (χ3n) is 4.27. The molecule has 1 aliphatic heterocycles. The van der Waals surface area contributed by atoms with Crippen molar-refractivity contribution in [2.24, 2.45) is 0 Å². The number of rotatable bonds is 5. The highest BCUT2D eigenvalue weighted by Gasteiger charge is 2.23. The highest BCUT2D eigenvalue weighted by atomic mass is 16.4. The van der Waals surface area contributed by atoms with E-state index in [2.05, 4.69) is 4.98 Å². The normalized spacial score (nSPS) is 16.1. The van der Waals surface area contributed by atoms with Crippen LogP contribution in [-0.2, 0) is 11.3 Å². The van der Waals surface area contributed by atoms with Crippen molar-refractivity contribution in [1.82, 2.24) is 14.8 Å². The maximum atomic E-state index is 12.3. The van der Waals surface area contributed by atoms with Crippen LogP contribution >= 0.6 is 0 Å². The van der Waals surface area contributed by atoms with Crippen molar-refractivity contribution < 1.29 is 18.7 Å². The fourth-order valence-corrected chi connectivity index (χ4v) is 2.84. The van der Waals surface area contributed by atoms with E-state index in [9.17, 15) is 9.90 Å². The topological polar surface area (TPSA) is 83.0 Å². The first-order valence-corrected chi connectivity index (χ1v) is 8.17. The van der Waals surface area contributed by atoms with E-state index >= 15 is 0 Å². The Balaban J connectivity index is 1.57. The predicted molar refractivity (Wildman–Crippen MR) is 87.1 cm³/mol. The molecule has 0 atom stereocenters. The number of piperidine rings is 1. The number of hydrogen-bond donors (Lipinski definition) is 1. The third kappa shape index (κ3) is 3.85. The second-order valence-electron chi connectivity index (χ2n) is 6.28. The molecule has 0 bridgehead atoms. The van der Waals surface area contributed by atoms with E-state index in [0.717, 1.165) is 11.5 Å². The number of carbonyl (C=O) groups is 1. The zero-order valence-electron chi connectivity index (χ0n) is 14.1. The molecule has 3 heterocycles. The molecule has 2 aromatic rings. The highest BCUT2D eigenvalue weighted by Crippen LogP contribution is 2.22. The van der Waals surface area contributed by atoms with Crippen molar-refractivity contribution in [3.63, 3.8) is 0 Å². The highest BCUT2D eigenvalue weighted by molar-refractivity contribution is 5.78. The molecule has 1 saturated heterocycles. The van der Waals surface area contributed by atoms with Crippen molar-refractivity contribution >= 4 is 5.91 Å². The van der Waals surface area contributed by atoms with Gasteiger partial charge < -0.3 is 18.8 Å². The summed E-state index contributed by atoms with van der Waals surface area (Å²) in [5.41, 5.74) is 0.797. The fraction of sp³-hybridized carbons (Fsp3) is 0.529. The Morgan fingerprint density at radius 2 is 2.21 bits per heavy atom. The van der Waals surface area contributed by atoms with Crippen molar-refractivity contribution in [1.29, 1.82) is 0 Å². The standard InChI is InChI=1S/C17H23N3O4/c1-12-14(18-17(24-12)15-4-3-9-23-15)10-19(2)11-16(22)20-7-5-13(21)6-8-20/h3-4,9,13,21H,5-8,10-11H2,1-2H3. The molecule has 1 aliphatic rings. The number of aryl methyl sites for hydroxylation is 1. The minimum atomic E-state index is -0.274. The first-order valence-electron chi connectivity index (χ1n) is 8.17. The zero-order valence-corrected chi connectivity index (χ0v) is 14.1. The molecular weight excluding hydrogens is 310 g/mol. The maximum Gasteiger partial charge on any atom is 0.263 e. The van der Waals surface area contributed by atoms with E-state index < -0.39 is 0 Å². The molecule has 2 aromatic heterocycles. The van der Waals surface area contributed by atoms with E-state index in [1.54, 1.807) is 18.4 Å². The molecule has 7 heteroatoms. The molecule has 0 aliphatic carbocycles. The Morgan fingerprint density at radius 3 is 2.88 bits per heavy atom. The van der Waals surface area contributed by atoms with Crippen LogP contribution < -0.4 is 0 Å². The molecule has 24 heavy (non-hydrogen) atoms. The third-order valence-corrected chi connectivity index (χ3v) is 4.27. The lowest BCUT2D eigenvalue weighted by Crippen LogP contribution is -2.44. The van der Waals surface area contributed by atoms with Gasteiger partial charge in [0.15, 0.2) is 5.76 Å². The lowest BCUT2D eigenvalue weighted by Gasteiger charge is -2.30. The van der Waals surface area contributed by atoms with Crippen LogP contribution in [0.3, 0.4) is 0 Å². The van der Waals surface area contributed by atoms with Crippen LogP contribution in [0.15, 0.2) is 27.2 Å². The molecule has 0 unspecified atom stereocenters. The molecule has 3 rings (SSSR count). The monoisotopic (exact) mass is 333 g/mol. The summed E-state index contributed by atoms with van der Waals surface area (Å²) in [5, 5.41) is 9.52. The number of aliphatic hydroxyl groups is 1. The molecule has 0 saturated carbocycles. The molecule has 0 radical (unpaired) electrons. The summed E-state index contributed by atoms with van der Waals surface area (Å²) in [6.45, 7) is 3.95. The van der Waals surface area contributed by atoms with Gasteiger partial charge in [-0.2, -0.15) is 0 Å². The molecule has 130 valence electrons. The number of likely N-dealkylation sites (tertiary alicyclic amines) is 1. The quantitative estimate of drug-likeness (QED) is 0.896. The van der Waals surface area contributed by atoms with Crippen LogP contribution in [0.2, 0.25) is 0 Å². The van der Waals surface area contributed by atoms with Crippen LogP contribution in [-0.4, -0.2) is 58.6 Å². The Labute approximate surface area is 140 Å². The van der Waals surface area contributed by atoms with Gasteiger partial charge in [0.1, 0.15) is 5.76 Å². The largest absolute Gasteiger partial charge is 0.459 e. The summed E-state index contributed by atoms with van der Waals surface area (Å²) in [6, 6.07) is 3.59. The van der Waals surface area contributed by atoms with Crippen LogP contribution in [0, 0.1) is 6.92 Å². The second-order valence-corrected chi connectivity index (χ2v) is 6.28. The van der Waals surface area contributed by atoms with Gasteiger partial charge in [-0.15, -0.1) is 0 Å². The Bertz CT molecular complexity index is 672. The van der Waals surface area contributed by atoms with E-state index in [4.69, 9.17) is 8.83 Å². The van der Waals surface area contributed by atoms with Gasteiger partial charge in [-0.3, -0.25) is 9.69 Å². The van der Waals surface area contributed by atoms with Gasteiger partial charge in [-0.05, 0) is 38.9 Å². The number of hydrogen-bond acceptors (Lipinski definition) is 6. The van der Waals surface area contributed by atoms with Crippen molar-refractivity contribution in [3.05, 3.63) is 29.9 Å². The van der Waals surface area contributed by atoms with Crippen LogP contribution in [0.4, 0.5) is 0 Å². The molecule has 1 fully saturated rings. The summed E-state index contributed by atoms with van der Waals surface area (Å²) in [6.07, 6.45) is 2.62. The van der Waals surface area contributed by atoms with E-state index in [0.29, 0.717) is 50.7 Å². The SMILES string of the molecule is Cc1oc(-c2ccco2)nc1CN(C)CC(=O)N1CCC(O)CC1. The number of aliphatic hydroxyl groups excluding tert-OH is 1. The molecule has 1 N–H and O–H groups in total. The van der Waals surface area contributed by atoms with E-state index in [-0.39, 0.29) is 12.0 Å². The molecular formula is C17H23N3O4. The minimum absolute atomic E-state index is 0.0804. The van der Waals surface area contributed by atoms with Gasteiger partial charge >= 0.3 is 0 Å². The summed E-state index contributed by atoms with van der Waals surface area (Å²) >= 11 is 0. The van der Waals surface area contributed by atoms with Gasteiger partial charge in [0, 0.05) is 19.6 Å². The van der Waals surface area contributed by atoms with E-state index in [1.165, 1.54) is 0 Å². The number of nitrogens with zero attached hydrogens (tertiary/aromatic N) is 3. The van der Waals surface area contributed by atoms with Crippen LogP contribution in [0.1, 0.15) is 24.3 Å². The van der Waals surface area contributed by atoms with Gasteiger partial charge in [0.2, 0.25) is 5.91 Å². The van der Waals surface area contributed by atoms with Crippen molar-refractivity contribution in [2.45, 2.75) is 32.4 Å². The summed E-state index contributed by atoms with van der Waals surface area (Å²) in [5.74, 6) is 1.85. The molecule has 1 amide bonds. The average Bonchev–Trinajstić information content (AvgIpc) is 3.18. The van der Waals surface area contributed by atoms with Crippen molar-refractivity contribution in [2.75, 3.05) is 26.7 Å². The summed E-state index contributed by atoms with van der Waals surface area (Å²) in [4.78, 5) is 20.5. The predicted octanol–water partition coefficient (Wildman–Crippen LogP) is 1.66. The average molecular weight is 333 g/mol. The zero-order chi connectivity index (χ0) is 17.1. The number of likely N-dealkylation sites (N-methyl/N-ethyl adjacent to an activating group) is 1. The Hall–Kier alpha value is -2.12. The summed E-state index contributed by atoms with van der Waals surface area (Å²) < 4.78 is 10.9. The lowest BCUT2D eigenvalue weighted by molar-refractivity contribution is -0.134.